The van der Waals surface area contributed by atoms with Crippen LogP contribution in [0.3, 0.4) is 0 Å². The first-order chi connectivity index (χ1) is 23.7. The Morgan fingerprint density at radius 1 is 0.959 bits per heavy atom. The number of hydrogen-bond acceptors (Lipinski definition) is 10. The molecule has 0 aliphatic heterocycles. The van der Waals surface area contributed by atoms with Crippen molar-refractivity contribution in [1.29, 1.82) is 0 Å². The zero-order chi connectivity index (χ0) is 35.2. The maximum Gasteiger partial charge on any atom is 0.435 e. The third-order valence-corrected chi connectivity index (χ3v) is 7.48. The lowest BCUT2D eigenvalue weighted by molar-refractivity contribution is -0.165. The number of aromatic nitrogens is 3. The fourth-order valence-electron chi connectivity index (χ4n) is 4.81. The van der Waals surface area contributed by atoms with E-state index in [1.54, 1.807) is 48.7 Å². The lowest BCUT2D eigenvalue weighted by Gasteiger charge is -2.21. The predicted octanol–water partition coefficient (Wildman–Crippen LogP) is 5.10. The lowest BCUT2D eigenvalue weighted by atomic mass is 10.1. The highest BCUT2D eigenvalue weighted by Crippen LogP contribution is 2.21. The SMILES string of the molecule is CCCCCCOC(=O)/N=C(/N)c1ccc(NCc2nc3cc(C(=O)N(CCC(=O)OCOC(C)=O)c4ccccn4)ccc3n2C)cc1. The summed E-state index contributed by atoms with van der Waals surface area (Å²) in [5.74, 6) is -0.413. The normalized spacial score (nSPS) is 11.2. The standard InChI is InChI=1S/C35H41N7O7/c1-4-5-6-9-20-47-35(46)40-33(36)25-11-14-27(15-12-25)38-22-31-39-28-21-26(13-16-29(28)41(31)3)34(45)42(30-10-7-8-18-37-30)19-17-32(44)49-23-48-24(2)43/h7-8,10-16,18,21,38H,4-6,9,17,19-20,22-23H2,1-3H3,(H2,36,40,46). The number of aliphatic imine (C=N–C) groups is 1. The Kier molecular flexibility index (Phi) is 13.2. The van der Waals surface area contributed by atoms with E-state index in [-0.39, 0.29) is 24.7 Å². The molecule has 0 fully saturated rings. The minimum Gasteiger partial charge on any atom is -0.448 e. The fourth-order valence-corrected chi connectivity index (χ4v) is 4.81. The maximum atomic E-state index is 13.7. The highest BCUT2D eigenvalue weighted by molar-refractivity contribution is 6.07. The molecule has 49 heavy (non-hydrogen) atoms. The van der Waals surface area contributed by atoms with Gasteiger partial charge in [-0.25, -0.2) is 14.8 Å². The summed E-state index contributed by atoms with van der Waals surface area (Å²) in [6, 6.07) is 17.5. The van der Waals surface area contributed by atoms with Gasteiger partial charge < -0.3 is 29.8 Å². The highest BCUT2D eigenvalue weighted by atomic mass is 16.7. The quantitative estimate of drug-likeness (QED) is 0.0532. The van der Waals surface area contributed by atoms with Gasteiger partial charge in [0.25, 0.3) is 5.91 Å². The first kappa shape index (κ1) is 36.1. The summed E-state index contributed by atoms with van der Waals surface area (Å²) in [7, 11) is 1.89. The number of carbonyl (C=O) groups is 4. The first-order valence-electron chi connectivity index (χ1n) is 16.0. The van der Waals surface area contributed by atoms with Crippen molar-refractivity contribution in [3.05, 3.63) is 83.8 Å². The molecule has 0 bridgehead atoms. The number of nitrogens with two attached hydrogens (primary N) is 1. The van der Waals surface area contributed by atoms with E-state index in [0.717, 1.165) is 42.7 Å². The molecule has 0 radical (unpaired) electrons. The van der Waals surface area contributed by atoms with E-state index in [1.807, 2.05) is 29.8 Å². The van der Waals surface area contributed by atoms with Gasteiger partial charge in [-0.05, 0) is 61.0 Å². The van der Waals surface area contributed by atoms with Gasteiger partial charge in [0.2, 0.25) is 6.79 Å². The van der Waals surface area contributed by atoms with E-state index in [2.05, 4.69) is 27.0 Å². The molecule has 2 amide bonds. The third kappa shape index (κ3) is 10.6. The van der Waals surface area contributed by atoms with Gasteiger partial charge in [0.05, 0.1) is 30.6 Å². The van der Waals surface area contributed by atoms with Crippen molar-refractivity contribution < 1.29 is 33.4 Å². The summed E-state index contributed by atoms with van der Waals surface area (Å²) in [5, 5.41) is 3.33. The van der Waals surface area contributed by atoms with Crippen LogP contribution in [0.2, 0.25) is 0 Å². The van der Waals surface area contributed by atoms with Crippen molar-refractivity contribution >= 4 is 52.3 Å². The van der Waals surface area contributed by atoms with Crippen LogP contribution >= 0.6 is 0 Å². The second-order valence-electron chi connectivity index (χ2n) is 11.1. The number of aryl methyl sites for hydroxylation is 1. The van der Waals surface area contributed by atoms with Gasteiger partial charge in [-0.2, -0.15) is 4.99 Å². The highest BCUT2D eigenvalue weighted by Gasteiger charge is 2.22. The van der Waals surface area contributed by atoms with Crippen LogP contribution in [0, 0.1) is 0 Å². The van der Waals surface area contributed by atoms with Gasteiger partial charge in [0, 0.05) is 43.5 Å². The van der Waals surface area contributed by atoms with E-state index in [1.165, 1.54) is 11.8 Å². The van der Waals surface area contributed by atoms with E-state index < -0.39 is 24.8 Å². The van der Waals surface area contributed by atoms with Crippen LogP contribution in [0.5, 0.6) is 0 Å². The summed E-state index contributed by atoms with van der Waals surface area (Å²) in [6.07, 6.45) is 4.71. The smallest absolute Gasteiger partial charge is 0.435 e. The molecule has 0 saturated carbocycles. The van der Waals surface area contributed by atoms with Gasteiger partial charge >= 0.3 is 18.0 Å². The number of anilines is 2. The summed E-state index contributed by atoms with van der Waals surface area (Å²) < 4.78 is 16.6. The van der Waals surface area contributed by atoms with Gasteiger partial charge in [0.1, 0.15) is 17.5 Å². The molecule has 2 aromatic heterocycles. The van der Waals surface area contributed by atoms with Crippen LogP contribution < -0.4 is 16.0 Å². The molecule has 2 aromatic carbocycles. The van der Waals surface area contributed by atoms with Crippen molar-refractivity contribution in [2.24, 2.45) is 17.8 Å². The fraction of sp³-hybridized carbons (Fsp3) is 0.343. The van der Waals surface area contributed by atoms with Crippen molar-refractivity contribution in [1.82, 2.24) is 14.5 Å². The summed E-state index contributed by atoms with van der Waals surface area (Å²) >= 11 is 0. The molecular formula is C35H41N7O7. The number of nitrogens with one attached hydrogen (secondary N) is 1. The van der Waals surface area contributed by atoms with E-state index in [0.29, 0.717) is 35.6 Å². The number of benzene rings is 2. The minimum atomic E-state index is -0.704. The second kappa shape index (κ2) is 17.9. The van der Waals surface area contributed by atoms with Gasteiger partial charge in [0.15, 0.2) is 0 Å². The van der Waals surface area contributed by atoms with E-state index in [9.17, 15) is 19.2 Å². The van der Waals surface area contributed by atoms with Crippen LogP contribution in [0.15, 0.2) is 71.9 Å². The number of imidazole rings is 1. The zero-order valence-corrected chi connectivity index (χ0v) is 27.9. The number of nitrogens with zero attached hydrogens (tertiary/aromatic N) is 5. The number of ether oxygens (including phenoxy) is 3. The van der Waals surface area contributed by atoms with Gasteiger partial charge in [-0.3, -0.25) is 19.3 Å². The lowest BCUT2D eigenvalue weighted by Crippen LogP contribution is -2.34. The Bertz CT molecular complexity index is 1770. The van der Waals surface area contributed by atoms with Crippen LogP contribution in [0.1, 0.15) is 67.7 Å². The Labute approximate surface area is 284 Å². The minimum absolute atomic E-state index is 0.0102. The molecule has 0 saturated heterocycles. The number of amidine groups is 1. The molecule has 14 heteroatoms. The Hall–Kier alpha value is -5.79. The molecule has 0 spiro atoms. The Balaban J connectivity index is 1.39. The molecule has 14 nitrogen and oxygen atoms in total. The number of rotatable bonds is 16. The largest absolute Gasteiger partial charge is 0.448 e. The molecular weight excluding hydrogens is 630 g/mol. The first-order valence-corrected chi connectivity index (χ1v) is 16.0. The summed E-state index contributed by atoms with van der Waals surface area (Å²) in [6.45, 7) is 3.53. The zero-order valence-electron chi connectivity index (χ0n) is 27.9. The molecule has 258 valence electrons. The number of carbonyl (C=O) groups excluding carboxylic acids is 4. The average molecular weight is 672 g/mol. The molecule has 0 atom stereocenters. The van der Waals surface area contributed by atoms with E-state index >= 15 is 0 Å². The second-order valence-corrected chi connectivity index (χ2v) is 11.1. The number of pyridine rings is 1. The van der Waals surface area contributed by atoms with Gasteiger partial charge in [-0.1, -0.05) is 32.3 Å². The van der Waals surface area contributed by atoms with Crippen LogP contribution in [-0.4, -0.2) is 64.3 Å². The topological polar surface area (TPSA) is 180 Å². The molecule has 0 aliphatic rings. The number of hydrogen-bond donors (Lipinski definition) is 2. The molecule has 2 heterocycles. The third-order valence-electron chi connectivity index (χ3n) is 7.48. The van der Waals surface area contributed by atoms with Crippen LogP contribution in [0.25, 0.3) is 11.0 Å². The number of fused-ring (bicyclic) bond motifs is 1. The summed E-state index contributed by atoms with van der Waals surface area (Å²) in [5.41, 5.74) is 9.21. The summed E-state index contributed by atoms with van der Waals surface area (Å²) in [4.78, 5) is 63.1. The van der Waals surface area contributed by atoms with Crippen molar-refractivity contribution in [2.45, 2.75) is 52.5 Å². The van der Waals surface area contributed by atoms with Crippen LogP contribution in [0.4, 0.5) is 16.3 Å². The molecule has 0 unspecified atom stereocenters. The molecule has 4 rings (SSSR count). The van der Waals surface area contributed by atoms with E-state index in [4.69, 9.17) is 20.2 Å². The number of esters is 2. The average Bonchev–Trinajstić information content (AvgIpc) is 3.41. The Morgan fingerprint density at radius 2 is 1.73 bits per heavy atom. The van der Waals surface area contributed by atoms with Crippen molar-refractivity contribution in [3.63, 3.8) is 0 Å². The molecule has 3 N–H and O–H groups in total. The van der Waals surface area contributed by atoms with Crippen LogP contribution in [-0.2, 0) is 37.4 Å². The molecule has 4 aromatic rings. The number of unbranched alkanes of at least 4 members (excludes halogenated alkanes) is 3. The van der Waals surface area contributed by atoms with Gasteiger partial charge in [-0.15, -0.1) is 0 Å². The Morgan fingerprint density at radius 3 is 2.45 bits per heavy atom. The van der Waals surface area contributed by atoms with Crippen molar-refractivity contribution in [2.75, 3.05) is 30.2 Å². The molecule has 0 aliphatic carbocycles. The number of amides is 2. The monoisotopic (exact) mass is 671 g/mol. The maximum absolute atomic E-state index is 13.7. The predicted molar refractivity (Wildman–Crippen MR) is 184 cm³/mol. The van der Waals surface area contributed by atoms with Crippen molar-refractivity contribution in [3.8, 4) is 0 Å².